The molecule has 0 spiro atoms. The molecule has 0 aromatic heterocycles. The number of anilines is 2. The minimum Gasteiger partial charge on any atom is -0.397 e. The molecule has 0 bridgehead atoms. The highest BCUT2D eigenvalue weighted by Crippen LogP contribution is 2.25. The van der Waals surface area contributed by atoms with Gasteiger partial charge in [-0.15, -0.1) is 0 Å². The summed E-state index contributed by atoms with van der Waals surface area (Å²) < 4.78 is 22.6. The number of nitrogens with one attached hydrogen (secondary N) is 1. The van der Waals surface area contributed by atoms with Gasteiger partial charge in [0, 0.05) is 11.1 Å². The van der Waals surface area contributed by atoms with Crippen LogP contribution in [0.15, 0.2) is 18.2 Å². The molecular formula is C10H13ClN2O2S. The third-order valence-corrected chi connectivity index (χ3v) is 4.61. The van der Waals surface area contributed by atoms with Gasteiger partial charge in [-0.1, -0.05) is 11.6 Å². The molecule has 2 rings (SSSR count). The van der Waals surface area contributed by atoms with Gasteiger partial charge in [-0.05, 0) is 24.6 Å². The van der Waals surface area contributed by atoms with E-state index in [0.717, 1.165) is 0 Å². The maximum absolute atomic E-state index is 11.3. The Morgan fingerprint density at radius 2 is 2.19 bits per heavy atom. The van der Waals surface area contributed by atoms with Gasteiger partial charge in [-0.3, -0.25) is 0 Å². The molecule has 1 unspecified atom stereocenters. The Labute approximate surface area is 99.7 Å². The van der Waals surface area contributed by atoms with Crippen LogP contribution in [0.1, 0.15) is 6.42 Å². The summed E-state index contributed by atoms with van der Waals surface area (Å²) >= 11 is 5.84. The zero-order valence-corrected chi connectivity index (χ0v) is 10.2. The SMILES string of the molecule is Nc1ccc(Cl)cc1NC1CCS(=O)(=O)C1. The lowest BCUT2D eigenvalue weighted by atomic mass is 10.2. The fourth-order valence-electron chi connectivity index (χ4n) is 1.78. The Hall–Kier alpha value is -0.940. The molecule has 1 atom stereocenters. The van der Waals surface area contributed by atoms with Crippen molar-refractivity contribution >= 4 is 32.8 Å². The van der Waals surface area contributed by atoms with Crippen LogP contribution in [0.2, 0.25) is 5.02 Å². The van der Waals surface area contributed by atoms with Crippen LogP contribution in [0.25, 0.3) is 0 Å². The molecule has 0 amide bonds. The summed E-state index contributed by atoms with van der Waals surface area (Å²) in [7, 11) is -2.87. The van der Waals surface area contributed by atoms with Gasteiger partial charge in [0.05, 0.1) is 22.9 Å². The van der Waals surface area contributed by atoms with Crippen molar-refractivity contribution < 1.29 is 8.42 Å². The van der Waals surface area contributed by atoms with Crippen LogP contribution in [-0.4, -0.2) is 26.0 Å². The van der Waals surface area contributed by atoms with Crippen LogP contribution in [0.3, 0.4) is 0 Å². The maximum Gasteiger partial charge on any atom is 0.152 e. The highest BCUT2D eigenvalue weighted by atomic mass is 35.5. The van der Waals surface area contributed by atoms with Crippen molar-refractivity contribution in [3.05, 3.63) is 23.2 Å². The standard InChI is InChI=1S/C10H13ClN2O2S/c11-7-1-2-9(12)10(5-7)13-8-3-4-16(14,15)6-8/h1-2,5,8,13H,3-4,6,12H2. The molecule has 3 N–H and O–H groups in total. The first kappa shape index (κ1) is 11.5. The summed E-state index contributed by atoms with van der Waals surface area (Å²) in [5, 5.41) is 3.70. The molecule has 1 aliphatic rings. The molecule has 0 aliphatic carbocycles. The van der Waals surface area contributed by atoms with Crippen LogP contribution < -0.4 is 11.1 Å². The predicted octanol–water partition coefficient (Wildman–Crippen LogP) is 1.52. The number of hydrogen-bond acceptors (Lipinski definition) is 4. The summed E-state index contributed by atoms with van der Waals surface area (Å²) in [5.41, 5.74) is 7.05. The zero-order chi connectivity index (χ0) is 11.8. The number of rotatable bonds is 2. The van der Waals surface area contributed by atoms with Crippen molar-refractivity contribution in [3.63, 3.8) is 0 Å². The Balaban J connectivity index is 2.13. The number of nitrogens with two attached hydrogens (primary N) is 1. The zero-order valence-electron chi connectivity index (χ0n) is 8.61. The van der Waals surface area contributed by atoms with E-state index in [-0.39, 0.29) is 17.5 Å². The first-order chi connectivity index (χ1) is 7.46. The normalized spacial score (nSPS) is 23.2. The van der Waals surface area contributed by atoms with Crippen LogP contribution in [0, 0.1) is 0 Å². The smallest absolute Gasteiger partial charge is 0.152 e. The minimum absolute atomic E-state index is 0.0641. The first-order valence-corrected chi connectivity index (χ1v) is 7.18. The molecule has 6 heteroatoms. The van der Waals surface area contributed by atoms with E-state index >= 15 is 0 Å². The van der Waals surface area contributed by atoms with E-state index in [4.69, 9.17) is 17.3 Å². The predicted molar refractivity (Wildman–Crippen MR) is 66.5 cm³/mol. The molecule has 1 fully saturated rings. The van der Waals surface area contributed by atoms with Gasteiger partial charge in [-0.25, -0.2) is 8.42 Å². The van der Waals surface area contributed by atoms with Gasteiger partial charge < -0.3 is 11.1 Å². The second-order valence-corrected chi connectivity index (χ2v) is 6.64. The van der Waals surface area contributed by atoms with E-state index in [0.29, 0.717) is 22.8 Å². The molecule has 1 aromatic carbocycles. The Kier molecular flexibility index (Phi) is 2.99. The fourth-order valence-corrected chi connectivity index (χ4v) is 3.63. The quantitative estimate of drug-likeness (QED) is 0.791. The molecular weight excluding hydrogens is 248 g/mol. The number of nitrogen functional groups attached to an aromatic ring is 1. The lowest BCUT2D eigenvalue weighted by Gasteiger charge is -2.14. The molecule has 1 heterocycles. The molecule has 1 aliphatic heterocycles. The third-order valence-electron chi connectivity index (χ3n) is 2.61. The first-order valence-electron chi connectivity index (χ1n) is 4.98. The molecule has 0 radical (unpaired) electrons. The Morgan fingerprint density at radius 1 is 1.44 bits per heavy atom. The van der Waals surface area contributed by atoms with Gasteiger partial charge in [0.1, 0.15) is 0 Å². The van der Waals surface area contributed by atoms with Crippen molar-refractivity contribution in [2.24, 2.45) is 0 Å². The number of sulfone groups is 1. The summed E-state index contributed by atoms with van der Waals surface area (Å²) in [5.74, 6) is 0.407. The van der Waals surface area contributed by atoms with E-state index in [1.807, 2.05) is 0 Å². The highest BCUT2D eigenvalue weighted by molar-refractivity contribution is 7.91. The van der Waals surface area contributed by atoms with Gasteiger partial charge in [0.15, 0.2) is 9.84 Å². The average Bonchev–Trinajstić information content (AvgIpc) is 2.52. The van der Waals surface area contributed by atoms with Crippen LogP contribution in [-0.2, 0) is 9.84 Å². The van der Waals surface area contributed by atoms with Crippen molar-refractivity contribution in [1.82, 2.24) is 0 Å². The Bertz CT molecular complexity index is 502. The lowest BCUT2D eigenvalue weighted by Crippen LogP contribution is -2.21. The van der Waals surface area contributed by atoms with E-state index in [9.17, 15) is 8.42 Å². The Morgan fingerprint density at radius 3 is 2.81 bits per heavy atom. The summed E-state index contributed by atoms with van der Waals surface area (Å²) in [6, 6.07) is 5.05. The van der Waals surface area contributed by atoms with Crippen molar-refractivity contribution in [2.75, 3.05) is 22.6 Å². The van der Waals surface area contributed by atoms with Crippen molar-refractivity contribution in [1.29, 1.82) is 0 Å². The lowest BCUT2D eigenvalue weighted by molar-refractivity contribution is 0.602. The second kappa shape index (κ2) is 4.14. The van der Waals surface area contributed by atoms with Crippen LogP contribution in [0.4, 0.5) is 11.4 Å². The number of benzene rings is 1. The van der Waals surface area contributed by atoms with Gasteiger partial charge in [0.25, 0.3) is 0 Å². The topological polar surface area (TPSA) is 72.2 Å². The molecule has 0 saturated carbocycles. The summed E-state index contributed by atoms with van der Waals surface area (Å²) in [6.07, 6.45) is 0.619. The van der Waals surface area contributed by atoms with Crippen LogP contribution in [0.5, 0.6) is 0 Å². The molecule has 4 nitrogen and oxygen atoms in total. The third kappa shape index (κ3) is 2.59. The number of hydrogen-bond donors (Lipinski definition) is 2. The molecule has 1 saturated heterocycles. The van der Waals surface area contributed by atoms with E-state index in [2.05, 4.69) is 5.32 Å². The summed E-state index contributed by atoms with van der Waals surface area (Å²) in [6.45, 7) is 0. The van der Waals surface area contributed by atoms with E-state index < -0.39 is 9.84 Å². The molecule has 16 heavy (non-hydrogen) atoms. The maximum atomic E-state index is 11.3. The highest BCUT2D eigenvalue weighted by Gasteiger charge is 2.27. The fraction of sp³-hybridized carbons (Fsp3) is 0.400. The minimum atomic E-state index is -2.87. The molecule has 1 aromatic rings. The number of halogens is 1. The average molecular weight is 261 g/mol. The van der Waals surface area contributed by atoms with E-state index in [1.165, 1.54) is 0 Å². The van der Waals surface area contributed by atoms with Crippen LogP contribution >= 0.6 is 11.6 Å². The molecule has 88 valence electrons. The van der Waals surface area contributed by atoms with Crippen molar-refractivity contribution in [3.8, 4) is 0 Å². The van der Waals surface area contributed by atoms with Gasteiger partial charge >= 0.3 is 0 Å². The summed E-state index contributed by atoms with van der Waals surface area (Å²) in [4.78, 5) is 0. The largest absolute Gasteiger partial charge is 0.397 e. The van der Waals surface area contributed by atoms with Gasteiger partial charge in [-0.2, -0.15) is 0 Å². The monoisotopic (exact) mass is 260 g/mol. The van der Waals surface area contributed by atoms with Gasteiger partial charge in [0.2, 0.25) is 0 Å². The second-order valence-electron chi connectivity index (χ2n) is 3.98. The van der Waals surface area contributed by atoms with Crippen molar-refractivity contribution in [2.45, 2.75) is 12.5 Å². The van der Waals surface area contributed by atoms with E-state index in [1.54, 1.807) is 18.2 Å².